The number of aliphatic hydroxyl groups excluding tert-OH is 1. The fourth-order valence-corrected chi connectivity index (χ4v) is 1.70. The Bertz CT molecular complexity index is 533. The summed E-state index contributed by atoms with van der Waals surface area (Å²) >= 11 is 0. The first-order valence-corrected chi connectivity index (χ1v) is 5.83. The van der Waals surface area contributed by atoms with Gasteiger partial charge in [0.2, 0.25) is 0 Å². The molecule has 1 unspecified atom stereocenters. The smallest absolute Gasteiger partial charge is 0.123 e. The molecule has 1 aromatic carbocycles. The van der Waals surface area contributed by atoms with Gasteiger partial charge in [0.25, 0.3) is 0 Å². The van der Waals surface area contributed by atoms with E-state index in [-0.39, 0.29) is 0 Å². The van der Waals surface area contributed by atoms with Gasteiger partial charge in [-0.2, -0.15) is 0 Å². The number of aryl methyl sites for hydroxylation is 1. The molecule has 1 N–H and O–H groups in total. The average Bonchev–Trinajstić information content (AvgIpc) is 2.46. The first kappa shape index (κ1) is 13.3. The third-order valence-corrected chi connectivity index (χ3v) is 2.77. The van der Waals surface area contributed by atoms with Gasteiger partial charge in [0.15, 0.2) is 0 Å². The molecule has 0 aliphatic carbocycles. The normalized spacial score (nSPS) is 12.0. The molecule has 5 heteroatoms. The molecule has 1 heterocycles. The first-order chi connectivity index (χ1) is 9.13. The van der Waals surface area contributed by atoms with E-state index in [4.69, 9.17) is 9.47 Å². The van der Waals surface area contributed by atoms with Crippen LogP contribution < -0.4 is 9.47 Å². The second kappa shape index (κ2) is 5.67. The third-order valence-electron chi connectivity index (χ3n) is 2.77. The summed E-state index contributed by atoms with van der Waals surface area (Å²) in [5.74, 6) is 1.24. The van der Waals surface area contributed by atoms with Crippen molar-refractivity contribution >= 4 is 0 Å². The highest BCUT2D eigenvalue weighted by Gasteiger charge is 2.14. The highest BCUT2D eigenvalue weighted by Crippen LogP contribution is 2.28. The number of benzene rings is 1. The quantitative estimate of drug-likeness (QED) is 0.909. The van der Waals surface area contributed by atoms with E-state index < -0.39 is 6.10 Å². The minimum atomic E-state index is -0.864. The summed E-state index contributed by atoms with van der Waals surface area (Å²) in [6, 6.07) is 5.24. The number of hydrogen-bond donors (Lipinski definition) is 1. The van der Waals surface area contributed by atoms with E-state index >= 15 is 0 Å². The minimum Gasteiger partial charge on any atom is -0.497 e. The monoisotopic (exact) mass is 260 g/mol. The van der Waals surface area contributed by atoms with E-state index in [1.54, 1.807) is 44.8 Å². The highest BCUT2D eigenvalue weighted by molar-refractivity contribution is 5.41. The second-order valence-electron chi connectivity index (χ2n) is 4.13. The highest BCUT2D eigenvalue weighted by atomic mass is 16.5. The van der Waals surface area contributed by atoms with Crippen LogP contribution in [-0.4, -0.2) is 29.3 Å². The predicted octanol–water partition coefficient (Wildman–Crippen LogP) is 1.88. The Morgan fingerprint density at radius 3 is 2.11 bits per heavy atom. The van der Waals surface area contributed by atoms with Crippen LogP contribution in [0.5, 0.6) is 11.5 Å². The van der Waals surface area contributed by atoms with Gasteiger partial charge in [0.1, 0.15) is 17.6 Å². The Balaban J connectivity index is 2.37. The largest absolute Gasteiger partial charge is 0.497 e. The van der Waals surface area contributed by atoms with Crippen molar-refractivity contribution in [2.45, 2.75) is 13.0 Å². The van der Waals surface area contributed by atoms with Gasteiger partial charge >= 0.3 is 0 Å². The van der Waals surface area contributed by atoms with Crippen molar-refractivity contribution in [3.05, 3.63) is 47.5 Å². The zero-order valence-corrected chi connectivity index (χ0v) is 11.1. The molecule has 100 valence electrons. The predicted molar refractivity (Wildman–Crippen MR) is 70.4 cm³/mol. The van der Waals surface area contributed by atoms with E-state index in [9.17, 15) is 5.11 Å². The lowest BCUT2D eigenvalue weighted by molar-refractivity contribution is 0.213. The van der Waals surface area contributed by atoms with E-state index in [0.717, 1.165) is 5.69 Å². The minimum absolute atomic E-state index is 0.487. The molecule has 1 aromatic heterocycles. The SMILES string of the molecule is COc1cc(OC)cc(C(O)c2cnc(C)cn2)c1. The van der Waals surface area contributed by atoms with Gasteiger partial charge in [-0.3, -0.25) is 9.97 Å². The number of hydrogen-bond acceptors (Lipinski definition) is 5. The van der Waals surface area contributed by atoms with E-state index in [0.29, 0.717) is 22.8 Å². The average molecular weight is 260 g/mol. The van der Waals surface area contributed by atoms with Crippen LogP contribution in [0.15, 0.2) is 30.6 Å². The van der Waals surface area contributed by atoms with Crippen LogP contribution >= 0.6 is 0 Å². The van der Waals surface area contributed by atoms with Crippen molar-refractivity contribution in [3.63, 3.8) is 0 Å². The molecule has 0 saturated carbocycles. The van der Waals surface area contributed by atoms with E-state index in [1.165, 1.54) is 0 Å². The zero-order chi connectivity index (χ0) is 13.8. The summed E-state index contributed by atoms with van der Waals surface area (Å²) in [4.78, 5) is 8.30. The molecular formula is C14H16N2O3. The summed E-state index contributed by atoms with van der Waals surface area (Å²) in [5.41, 5.74) is 1.94. The van der Waals surface area contributed by atoms with Crippen LogP contribution in [-0.2, 0) is 0 Å². The summed E-state index contributed by atoms with van der Waals surface area (Å²) in [6.45, 7) is 1.84. The molecule has 0 aliphatic heterocycles. The summed E-state index contributed by atoms with van der Waals surface area (Å²) in [7, 11) is 3.13. The van der Waals surface area contributed by atoms with Gasteiger partial charge < -0.3 is 14.6 Å². The molecule has 2 aromatic rings. The Morgan fingerprint density at radius 2 is 1.63 bits per heavy atom. The van der Waals surface area contributed by atoms with E-state index in [2.05, 4.69) is 9.97 Å². The maximum Gasteiger partial charge on any atom is 0.123 e. The number of rotatable bonds is 4. The molecule has 0 saturated heterocycles. The lowest BCUT2D eigenvalue weighted by Gasteiger charge is -2.13. The molecule has 0 aliphatic rings. The maximum atomic E-state index is 10.3. The molecule has 19 heavy (non-hydrogen) atoms. The lowest BCUT2D eigenvalue weighted by atomic mass is 10.1. The van der Waals surface area contributed by atoms with Crippen molar-refractivity contribution in [2.24, 2.45) is 0 Å². The molecule has 0 spiro atoms. The van der Waals surface area contributed by atoms with Crippen molar-refractivity contribution in [3.8, 4) is 11.5 Å². The molecule has 2 rings (SSSR count). The second-order valence-corrected chi connectivity index (χ2v) is 4.13. The third kappa shape index (κ3) is 3.00. The van der Waals surface area contributed by atoms with Crippen molar-refractivity contribution in [1.82, 2.24) is 9.97 Å². The van der Waals surface area contributed by atoms with Gasteiger partial charge in [-0.05, 0) is 24.6 Å². The van der Waals surface area contributed by atoms with Crippen molar-refractivity contribution in [2.75, 3.05) is 14.2 Å². The summed E-state index contributed by atoms with van der Waals surface area (Å²) in [6.07, 6.45) is 2.32. The Kier molecular flexibility index (Phi) is 3.97. The lowest BCUT2D eigenvalue weighted by Crippen LogP contribution is -2.04. The van der Waals surface area contributed by atoms with Crippen molar-refractivity contribution < 1.29 is 14.6 Å². The zero-order valence-electron chi connectivity index (χ0n) is 11.1. The fraction of sp³-hybridized carbons (Fsp3) is 0.286. The van der Waals surface area contributed by atoms with Crippen LogP contribution in [0.25, 0.3) is 0 Å². The van der Waals surface area contributed by atoms with Crippen molar-refractivity contribution in [1.29, 1.82) is 0 Å². The van der Waals surface area contributed by atoms with Gasteiger partial charge in [-0.25, -0.2) is 0 Å². The maximum absolute atomic E-state index is 10.3. The topological polar surface area (TPSA) is 64.5 Å². The summed E-state index contributed by atoms with van der Waals surface area (Å²) in [5, 5.41) is 10.3. The number of nitrogens with zero attached hydrogens (tertiary/aromatic N) is 2. The number of aliphatic hydroxyl groups is 1. The molecule has 5 nitrogen and oxygen atoms in total. The number of methoxy groups -OCH3 is 2. The molecule has 0 fully saturated rings. The van der Waals surface area contributed by atoms with Gasteiger partial charge in [-0.1, -0.05) is 0 Å². The fourth-order valence-electron chi connectivity index (χ4n) is 1.70. The van der Waals surface area contributed by atoms with Crippen LogP contribution in [0.4, 0.5) is 0 Å². The Labute approximate surface area is 111 Å². The number of ether oxygens (including phenoxy) is 2. The van der Waals surface area contributed by atoms with Gasteiger partial charge in [0.05, 0.1) is 31.8 Å². The summed E-state index contributed by atoms with van der Waals surface area (Å²) < 4.78 is 10.4. The van der Waals surface area contributed by atoms with Crippen LogP contribution in [0.3, 0.4) is 0 Å². The standard InChI is InChI=1S/C14H16N2O3/c1-9-7-16-13(8-15-9)14(17)10-4-11(18-2)6-12(5-10)19-3/h4-8,14,17H,1-3H3. The van der Waals surface area contributed by atoms with Gasteiger partial charge in [0, 0.05) is 12.3 Å². The first-order valence-electron chi connectivity index (χ1n) is 5.83. The van der Waals surface area contributed by atoms with Crippen LogP contribution in [0, 0.1) is 6.92 Å². The van der Waals surface area contributed by atoms with Crippen LogP contribution in [0.2, 0.25) is 0 Å². The number of aromatic nitrogens is 2. The van der Waals surface area contributed by atoms with Crippen LogP contribution in [0.1, 0.15) is 23.1 Å². The van der Waals surface area contributed by atoms with E-state index in [1.807, 2.05) is 6.92 Å². The molecule has 0 bridgehead atoms. The molecule has 1 atom stereocenters. The Morgan fingerprint density at radius 1 is 1.00 bits per heavy atom. The molecule has 0 amide bonds. The molecule has 0 radical (unpaired) electrons. The van der Waals surface area contributed by atoms with Gasteiger partial charge in [-0.15, -0.1) is 0 Å². The Hall–Kier alpha value is -2.14. The molecular weight excluding hydrogens is 244 g/mol.